The van der Waals surface area contributed by atoms with Gasteiger partial charge in [-0.25, -0.2) is 0 Å². The van der Waals surface area contributed by atoms with Gasteiger partial charge < -0.3 is 14.6 Å². The molecule has 9 heteroatoms. The number of rotatable bonds is 5. The molecule has 0 aliphatic carbocycles. The van der Waals surface area contributed by atoms with Crippen LogP contribution in [-0.4, -0.2) is 28.8 Å². The maximum Gasteiger partial charge on any atom is 0.405 e. The first-order chi connectivity index (χ1) is 10.3. The number of nitrogens with one attached hydrogen (secondary N) is 1. The Hall–Kier alpha value is -2.58. The van der Waals surface area contributed by atoms with Crippen molar-refractivity contribution in [1.29, 1.82) is 0 Å². The van der Waals surface area contributed by atoms with E-state index in [9.17, 15) is 18.0 Å². The van der Waals surface area contributed by atoms with E-state index in [-0.39, 0.29) is 12.2 Å². The largest absolute Gasteiger partial charge is 0.485 e. The van der Waals surface area contributed by atoms with Gasteiger partial charge in [0, 0.05) is 12.5 Å². The summed E-state index contributed by atoms with van der Waals surface area (Å²) in [7, 11) is 0. The van der Waals surface area contributed by atoms with Gasteiger partial charge in [0.15, 0.2) is 6.61 Å². The highest BCUT2D eigenvalue weighted by atomic mass is 19.4. The lowest BCUT2D eigenvalue weighted by molar-refractivity contribution is -0.123. The molecule has 0 unspecified atom stereocenters. The van der Waals surface area contributed by atoms with Crippen molar-refractivity contribution in [3.8, 4) is 5.75 Å². The van der Waals surface area contributed by atoms with E-state index in [1.807, 2.05) is 0 Å². The van der Waals surface area contributed by atoms with Crippen molar-refractivity contribution in [2.45, 2.75) is 19.7 Å². The number of carbonyl (C=O) groups is 1. The molecular weight excluding hydrogens is 303 g/mol. The molecule has 1 aromatic carbocycles. The van der Waals surface area contributed by atoms with Crippen molar-refractivity contribution in [3.63, 3.8) is 0 Å². The third kappa shape index (κ3) is 4.76. The van der Waals surface area contributed by atoms with Gasteiger partial charge in [-0.3, -0.25) is 4.79 Å². The number of benzene rings is 1. The van der Waals surface area contributed by atoms with Crippen LogP contribution >= 0.6 is 0 Å². The lowest BCUT2D eigenvalue weighted by Crippen LogP contribution is -2.33. The van der Waals surface area contributed by atoms with Crippen LogP contribution in [0.4, 0.5) is 13.2 Å². The fraction of sp³-hybridized carbons (Fsp3) is 0.308. The Morgan fingerprint density at radius 1 is 1.32 bits per heavy atom. The molecule has 0 radical (unpaired) electrons. The Labute approximate surface area is 123 Å². The summed E-state index contributed by atoms with van der Waals surface area (Å²) < 4.78 is 46.1. The number of hydrogen-bond acceptors (Lipinski definition) is 5. The maximum absolute atomic E-state index is 12.0. The number of ether oxygens (including phenoxy) is 1. The highest BCUT2D eigenvalue weighted by Crippen LogP contribution is 2.15. The number of aromatic nitrogens is 2. The highest BCUT2D eigenvalue weighted by Gasteiger charge is 2.27. The minimum absolute atomic E-state index is 0.0803. The molecule has 0 fully saturated rings. The van der Waals surface area contributed by atoms with Crippen LogP contribution in [0.5, 0.6) is 5.75 Å². The van der Waals surface area contributed by atoms with Gasteiger partial charge in [0.2, 0.25) is 11.7 Å². The SMILES string of the molecule is Cc1nc(COc2ccc(C(=O)NCC(F)(F)F)cc2)no1. The summed E-state index contributed by atoms with van der Waals surface area (Å²) in [4.78, 5) is 15.4. The first-order valence-corrected chi connectivity index (χ1v) is 6.20. The summed E-state index contributed by atoms with van der Waals surface area (Å²) >= 11 is 0. The predicted octanol–water partition coefficient (Wildman–Crippen LogP) is 2.25. The number of alkyl halides is 3. The van der Waals surface area contributed by atoms with Crippen molar-refractivity contribution in [3.05, 3.63) is 41.5 Å². The molecule has 0 saturated carbocycles. The fourth-order valence-electron chi connectivity index (χ4n) is 1.53. The molecule has 0 spiro atoms. The van der Waals surface area contributed by atoms with E-state index in [4.69, 9.17) is 9.26 Å². The van der Waals surface area contributed by atoms with Gasteiger partial charge in [0.1, 0.15) is 12.3 Å². The number of carbonyl (C=O) groups excluding carboxylic acids is 1. The first-order valence-electron chi connectivity index (χ1n) is 6.20. The maximum atomic E-state index is 12.0. The van der Waals surface area contributed by atoms with E-state index in [1.165, 1.54) is 24.3 Å². The van der Waals surface area contributed by atoms with Crippen LogP contribution in [0.3, 0.4) is 0 Å². The number of hydrogen-bond donors (Lipinski definition) is 1. The van der Waals surface area contributed by atoms with Crippen molar-refractivity contribution < 1.29 is 27.2 Å². The van der Waals surface area contributed by atoms with Crippen molar-refractivity contribution in [2.75, 3.05) is 6.54 Å². The fourth-order valence-corrected chi connectivity index (χ4v) is 1.53. The Morgan fingerprint density at radius 3 is 2.55 bits per heavy atom. The zero-order chi connectivity index (χ0) is 16.2. The van der Waals surface area contributed by atoms with Crippen molar-refractivity contribution in [2.24, 2.45) is 0 Å². The molecule has 1 heterocycles. The molecule has 0 saturated heterocycles. The minimum Gasteiger partial charge on any atom is -0.485 e. The molecule has 6 nitrogen and oxygen atoms in total. The summed E-state index contributed by atoms with van der Waals surface area (Å²) in [5.41, 5.74) is 0.104. The van der Waals surface area contributed by atoms with E-state index in [1.54, 1.807) is 12.2 Å². The van der Waals surface area contributed by atoms with Crippen LogP contribution in [0.25, 0.3) is 0 Å². The quantitative estimate of drug-likeness (QED) is 0.915. The van der Waals surface area contributed by atoms with E-state index in [2.05, 4.69) is 10.1 Å². The second-order valence-electron chi connectivity index (χ2n) is 4.34. The zero-order valence-electron chi connectivity index (χ0n) is 11.5. The van der Waals surface area contributed by atoms with Gasteiger partial charge in [-0.15, -0.1) is 0 Å². The summed E-state index contributed by atoms with van der Waals surface area (Å²) in [6.45, 7) is 0.350. The number of amides is 1. The topological polar surface area (TPSA) is 77.2 Å². The van der Waals surface area contributed by atoms with Gasteiger partial charge in [0.25, 0.3) is 5.91 Å². The van der Waals surface area contributed by atoms with Gasteiger partial charge in [-0.2, -0.15) is 18.2 Å². The molecule has 0 aliphatic rings. The van der Waals surface area contributed by atoms with Gasteiger partial charge in [-0.05, 0) is 24.3 Å². The molecule has 1 N–H and O–H groups in total. The molecule has 118 valence electrons. The average molecular weight is 315 g/mol. The molecule has 2 rings (SSSR count). The lowest BCUT2D eigenvalue weighted by Gasteiger charge is -2.09. The molecule has 2 aromatic rings. The molecule has 1 aromatic heterocycles. The monoisotopic (exact) mass is 315 g/mol. The smallest absolute Gasteiger partial charge is 0.405 e. The van der Waals surface area contributed by atoms with Gasteiger partial charge in [-0.1, -0.05) is 5.16 Å². The Kier molecular flexibility index (Phi) is 4.64. The minimum atomic E-state index is -4.44. The van der Waals surface area contributed by atoms with Gasteiger partial charge >= 0.3 is 6.18 Å². The highest BCUT2D eigenvalue weighted by molar-refractivity contribution is 5.94. The lowest BCUT2D eigenvalue weighted by atomic mass is 10.2. The molecule has 0 bridgehead atoms. The molecule has 22 heavy (non-hydrogen) atoms. The van der Waals surface area contributed by atoms with E-state index in [0.29, 0.717) is 17.5 Å². The van der Waals surface area contributed by atoms with Crippen LogP contribution in [-0.2, 0) is 6.61 Å². The summed E-state index contributed by atoms with van der Waals surface area (Å²) in [6.07, 6.45) is -4.44. The molecule has 1 amide bonds. The average Bonchev–Trinajstić information content (AvgIpc) is 2.88. The second-order valence-corrected chi connectivity index (χ2v) is 4.34. The standard InChI is InChI=1S/C13H12F3N3O3/c1-8-18-11(19-22-8)6-21-10-4-2-9(3-5-10)12(20)17-7-13(14,15)16/h2-5H,6-7H2,1H3,(H,17,20). The number of aryl methyl sites for hydroxylation is 1. The summed E-state index contributed by atoms with van der Waals surface area (Å²) in [6, 6.07) is 5.66. The van der Waals surface area contributed by atoms with Crippen molar-refractivity contribution in [1.82, 2.24) is 15.5 Å². The van der Waals surface area contributed by atoms with E-state index in [0.717, 1.165) is 0 Å². The van der Waals surface area contributed by atoms with Crippen LogP contribution < -0.4 is 10.1 Å². The molecule has 0 aliphatic heterocycles. The van der Waals surface area contributed by atoms with E-state index >= 15 is 0 Å². The normalized spacial score (nSPS) is 11.3. The van der Waals surface area contributed by atoms with Crippen LogP contribution in [0.15, 0.2) is 28.8 Å². The van der Waals surface area contributed by atoms with E-state index < -0.39 is 18.6 Å². The summed E-state index contributed by atoms with van der Waals surface area (Å²) in [5, 5.41) is 5.42. The summed E-state index contributed by atoms with van der Waals surface area (Å²) in [5.74, 6) is 0.396. The Balaban J connectivity index is 1.88. The molecular formula is C13H12F3N3O3. The Morgan fingerprint density at radius 2 is 2.00 bits per heavy atom. The van der Waals surface area contributed by atoms with Crippen LogP contribution in [0, 0.1) is 6.92 Å². The third-order valence-corrected chi connectivity index (χ3v) is 2.50. The third-order valence-electron chi connectivity index (χ3n) is 2.50. The van der Waals surface area contributed by atoms with Crippen LogP contribution in [0.1, 0.15) is 22.1 Å². The predicted molar refractivity (Wildman–Crippen MR) is 68.2 cm³/mol. The second kappa shape index (κ2) is 6.46. The molecule has 0 atom stereocenters. The number of halogens is 3. The van der Waals surface area contributed by atoms with Crippen molar-refractivity contribution >= 4 is 5.91 Å². The zero-order valence-corrected chi connectivity index (χ0v) is 11.5. The Bertz CT molecular complexity index is 638. The van der Waals surface area contributed by atoms with Gasteiger partial charge in [0.05, 0.1) is 0 Å². The number of nitrogens with zero attached hydrogens (tertiary/aromatic N) is 2. The van der Waals surface area contributed by atoms with Crippen LogP contribution in [0.2, 0.25) is 0 Å². The first kappa shape index (κ1) is 15.8.